The van der Waals surface area contributed by atoms with Crippen molar-refractivity contribution < 1.29 is 13.2 Å². The lowest BCUT2D eigenvalue weighted by atomic mass is 10.2. The molecule has 26 heavy (non-hydrogen) atoms. The van der Waals surface area contributed by atoms with Crippen molar-refractivity contribution >= 4 is 33.0 Å². The number of benzene rings is 1. The summed E-state index contributed by atoms with van der Waals surface area (Å²) in [4.78, 5) is 14.8. The molecular weight excluding hydrogens is 368 g/mol. The van der Waals surface area contributed by atoms with Crippen molar-refractivity contribution in [2.45, 2.75) is 44.9 Å². The lowest BCUT2D eigenvalue weighted by Gasteiger charge is -2.20. The Labute approximate surface area is 159 Å². The molecule has 0 bridgehead atoms. The molecule has 1 N–H and O–H groups in total. The summed E-state index contributed by atoms with van der Waals surface area (Å²) in [6.07, 6.45) is 3.24. The topological polar surface area (TPSA) is 66.5 Å². The van der Waals surface area contributed by atoms with Gasteiger partial charge in [0.25, 0.3) is 5.91 Å². The molecule has 0 saturated carbocycles. The molecule has 0 atom stereocenters. The van der Waals surface area contributed by atoms with Crippen LogP contribution in [0.5, 0.6) is 0 Å². The van der Waals surface area contributed by atoms with Crippen molar-refractivity contribution in [3.05, 3.63) is 45.1 Å². The first-order chi connectivity index (χ1) is 12.4. The molecule has 1 aromatic heterocycles. The second-order valence-corrected chi connectivity index (χ2v) is 9.48. The Hall–Kier alpha value is -1.70. The maximum atomic E-state index is 12.8. The molecule has 0 spiro atoms. The number of nitrogens with one attached hydrogen (secondary N) is 1. The molecule has 7 heteroatoms. The number of hydrogen-bond acceptors (Lipinski definition) is 4. The highest BCUT2D eigenvalue weighted by atomic mass is 32.2. The predicted octanol–water partition coefficient (Wildman–Crippen LogP) is 3.83. The van der Waals surface area contributed by atoms with E-state index in [-0.39, 0.29) is 10.8 Å². The second-order valence-electron chi connectivity index (χ2n) is 6.44. The zero-order chi connectivity index (χ0) is 18.9. The molecule has 140 valence electrons. The Morgan fingerprint density at radius 1 is 1.19 bits per heavy atom. The Balaban J connectivity index is 1.86. The number of sulfonamides is 1. The number of anilines is 1. The Bertz CT molecular complexity index is 907. The number of carbonyl (C=O) groups excluding carboxylic acids is 1. The van der Waals surface area contributed by atoms with Crippen LogP contribution in [0.2, 0.25) is 0 Å². The van der Waals surface area contributed by atoms with Crippen molar-refractivity contribution in [1.82, 2.24) is 4.31 Å². The summed E-state index contributed by atoms with van der Waals surface area (Å²) < 4.78 is 27.1. The summed E-state index contributed by atoms with van der Waals surface area (Å²) in [6.45, 7) is 6.23. The van der Waals surface area contributed by atoms with Crippen LogP contribution in [0, 0.1) is 6.92 Å². The van der Waals surface area contributed by atoms with E-state index in [9.17, 15) is 13.2 Å². The van der Waals surface area contributed by atoms with Crippen LogP contribution in [0.15, 0.2) is 29.2 Å². The zero-order valence-corrected chi connectivity index (χ0v) is 17.0. The highest BCUT2D eigenvalue weighted by molar-refractivity contribution is 7.89. The molecule has 1 aliphatic rings. The van der Waals surface area contributed by atoms with Crippen LogP contribution in [-0.2, 0) is 22.9 Å². The van der Waals surface area contributed by atoms with Crippen molar-refractivity contribution in [1.29, 1.82) is 0 Å². The smallest absolute Gasteiger partial charge is 0.265 e. The summed E-state index contributed by atoms with van der Waals surface area (Å²) in [5.41, 5.74) is 2.44. The van der Waals surface area contributed by atoms with E-state index >= 15 is 0 Å². The SMILES string of the molecule is CCN(CC)S(=O)(=O)c1cc(NC(=O)c2cc3c(s2)CCC3)ccc1C. The average molecular weight is 393 g/mol. The van der Waals surface area contributed by atoms with E-state index < -0.39 is 10.0 Å². The standard InChI is InChI=1S/C19H24N2O3S2/c1-4-21(5-2)26(23,24)18-12-15(10-9-13(18)3)20-19(22)17-11-14-7-6-8-16(14)25-17/h9-12H,4-8H2,1-3H3,(H,20,22). The summed E-state index contributed by atoms with van der Waals surface area (Å²) in [6, 6.07) is 7.00. The third-order valence-electron chi connectivity index (χ3n) is 4.74. The lowest BCUT2D eigenvalue weighted by Crippen LogP contribution is -2.31. The average Bonchev–Trinajstić information content (AvgIpc) is 3.19. The molecule has 0 unspecified atom stereocenters. The van der Waals surface area contributed by atoms with Gasteiger partial charge in [0.2, 0.25) is 10.0 Å². The molecule has 0 radical (unpaired) electrons. The van der Waals surface area contributed by atoms with Crippen LogP contribution in [-0.4, -0.2) is 31.7 Å². The largest absolute Gasteiger partial charge is 0.321 e. The third-order valence-corrected chi connectivity index (χ3v) is 8.17. The summed E-state index contributed by atoms with van der Waals surface area (Å²) in [5, 5.41) is 2.85. The number of hydrogen-bond donors (Lipinski definition) is 1. The molecule has 1 heterocycles. The Morgan fingerprint density at radius 3 is 2.58 bits per heavy atom. The van der Waals surface area contributed by atoms with E-state index in [0.717, 1.165) is 19.3 Å². The normalized spacial score (nSPS) is 13.8. The van der Waals surface area contributed by atoms with Crippen molar-refractivity contribution in [3.8, 4) is 0 Å². The summed E-state index contributed by atoms with van der Waals surface area (Å²) in [7, 11) is -3.57. The first kappa shape index (κ1) is 19.1. The maximum absolute atomic E-state index is 12.8. The number of rotatable bonds is 6. The van der Waals surface area contributed by atoms with Crippen LogP contribution in [0.4, 0.5) is 5.69 Å². The molecular formula is C19H24N2O3S2. The van der Waals surface area contributed by atoms with Crippen LogP contribution < -0.4 is 5.32 Å². The second kappa shape index (κ2) is 7.50. The van der Waals surface area contributed by atoms with E-state index in [2.05, 4.69) is 5.32 Å². The predicted molar refractivity (Wildman–Crippen MR) is 106 cm³/mol. The van der Waals surface area contributed by atoms with Gasteiger partial charge in [-0.15, -0.1) is 11.3 Å². The van der Waals surface area contributed by atoms with E-state index in [1.807, 2.05) is 19.9 Å². The molecule has 3 rings (SSSR count). The number of thiophene rings is 1. The number of amides is 1. The number of carbonyl (C=O) groups is 1. The molecule has 0 fully saturated rings. The fraction of sp³-hybridized carbons (Fsp3) is 0.421. The van der Waals surface area contributed by atoms with Gasteiger partial charge in [0, 0.05) is 23.7 Å². The number of fused-ring (bicyclic) bond motifs is 1. The summed E-state index contributed by atoms with van der Waals surface area (Å²) >= 11 is 1.54. The minimum absolute atomic E-state index is 0.181. The van der Waals surface area contributed by atoms with Crippen molar-refractivity contribution in [2.75, 3.05) is 18.4 Å². The molecule has 0 saturated heterocycles. The molecule has 2 aromatic rings. The van der Waals surface area contributed by atoms with E-state index in [1.54, 1.807) is 25.1 Å². The monoisotopic (exact) mass is 392 g/mol. The van der Waals surface area contributed by atoms with Gasteiger partial charge in [-0.05, 0) is 55.5 Å². The van der Waals surface area contributed by atoms with Gasteiger partial charge in [-0.2, -0.15) is 4.31 Å². The van der Waals surface area contributed by atoms with Gasteiger partial charge < -0.3 is 5.32 Å². The minimum atomic E-state index is -3.57. The first-order valence-corrected chi connectivity index (χ1v) is 11.2. The summed E-state index contributed by atoms with van der Waals surface area (Å²) in [5.74, 6) is -0.181. The van der Waals surface area contributed by atoms with Gasteiger partial charge in [-0.3, -0.25) is 4.79 Å². The highest BCUT2D eigenvalue weighted by Gasteiger charge is 2.24. The number of aryl methyl sites for hydroxylation is 3. The van der Waals surface area contributed by atoms with Gasteiger partial charge in [0.15, 0.2) is 0 Å². The third kappa shape index (κ3) is 3.56. The Kier molecular flexibility index (Phi) is 5.50. The molecule has 0 aliphatic heterocycles. The van der Waals surface area contributed by atoms with Gasteiger partial charge in [0.1, 0.15) is 0 Å². The molecule has 1 aromatic carbocycles. The first-order valence-electron chi connectivity index (χ1n) is 8.90. The Morgan fingerprint density at radius 2 is 1.92 bits per heavy atom. The van der Waals surface area contributed by atoms with E-state index in [0.29, 0.717) is 29.2 Å². The molecule has 1 amide bonds. The van der Waals surface area contributed by atoms with Crippen LogP contribution in [0.1, 0.15) is 45.9 Å². The molecule has 1 aliphatic carbocycles. The van der Waals surface area contributed by atoms with E-state index in [1.165, 1.54) is 26.1 Å². The van der Waals surface area contributed by atoms with Gasteiger partial charge >= 0.3 is 0 Å². The van der Waals surface area contributed by atoms with Crippen LogP contribution in [0.25, 0.3) is 0 Å². The van der Waals surface area contributed by atoms with Crippen molar-refractivity contribution in [3.63, 3.8) is 0 Å². The quantitative estimate of drug-likeness (QED) is 0.812. The van der Waals surface area contributed by atoms with Crippen LogP contribution in [0.3, 0.4) is 0 Å². The fourth-order valence-corrected chi connectivity index (χ4v) is 6.15. The highest BCUT2D eigenvalue weighted by Crippen LogP contribution is 2.31. The molecule has 5 nitrogen and oxygen atoms in total. The lowest BCUT2D eigenvalue weighted by molar-refractivity contribution is 0.103. The van der Waals surface area contributed by atoms with Crippen LogP contribution >= 0.6 is 11.3 Å². The fourth-order valence-electron chi connectivity index (χ4n) is 3.29. The number of nitrogens with zero attached hydrogens (tertiary/aromatic N) is 1. The zero-order valence-electron chi connectivity index (χ0n) is 15.3. The maximum Gasteiger partial charge on any atom is 0.265 e. The van der Waals surface area contributed by atoms with E-state index in [4.69, 9.17) is 0 Å². The minimum Gasteiger partial charge on any atom is -0.321 e. The van der Waals surface area contributed by atoms with Crippen molar-refractivity contribution in [2.24, 2.45) is 0 Å². The van der Waals surface area contributed by atoms with Gasteiger partial charge in [0.05, 0.1) is 9.77 Å². The van der Waals surface area contributed by atoms with Gasteiger partial charge in [-0.25, -0.2) is 8.42 Å². The van der Waals surface area contributed by atoms with Gasteiger partial charge in [-0.1, -0.05) is 19.9 Å².